The molecule has 0 aliphatic rings. The Morgan fingerprint density at radius 3 is 2.70 bits per heavy atom. The van der Waals surface area contributed by atoms with Gasteiger partial charge in [0.25, 0.3) is 0 Å². The Labute approximate surface area is 184 Å². The largest absolute Gasteiger partial charge is 0.491 e. The molecule has 0 saturated carbocycles. The summed E-state index contributed by atoms with van der Waals surface area (Å²) >= 11 is 1.73. The van der Waals surface area contributed by atoms with Gasteiger partial charge in [-0.3, -0.25) is 4.99 Å². The molecule has 0 saturated heterocycles. The van der Waals surface area contributed by atoms with Gasteiger partial charge in [-0.1, -0.05) is 32.0 Å². The molecule has 0 radical (unpaired) electrons. The van der Waals surface area contributed by atoms with Crippen LogP contribution in [-0.4, -0.2) is 37.2 Å². The number of hydrogen-bond donors (Lipinski definition) is 2. The summed E-state index contributed by atoms with van der Waals surface area (Å²) in [5.41, 5.74) is 1.24. The molecule has 2 N–H and O–H groups in total. The van der Waals surface area contributed by atoms with Crippen molar-refractivity contribution in [1.29, 1.82) is 0 Å². The van der Waals surface area contributed by atoms with Gasteiger partial charge in [0.1, 0.15) is 12.4 Å². The molecule has 0 atom stereocenters. The van der Waals surface area contributed by atoms with Gasteiger partial charge < -0.3 is 15.4 Å². The van der Waals surface area contributed by atoms with Crippen molar-refractivity contribution in [2.24, 2.45) is 4.99 Å². The van der Waals surface area contributed by atoms with Crippen LogP contribution in [0.5, 0.6) is 5.75 Å². The minimum absolute atomic E-state index is 0. The van der Waals surface area contributed by atoms with Gasteiger partial charge in [0.15, 0.2) is 5.96 Å². The molecule has 150 valence electrons. The lowest BCUT2D eigenvalue weighted by atomic mass is 10.0. The molecule has 2 rings (SSSR count). The number of benzene rings is 1. The zero-order chi connectivity index (χ0) is 18.8. The van der Waals surface area contributed by atoms with E-state index in [0.29, 0.717) is 19.1 Å². The fraction of sp³-hybridized carbons (Fsp3) is 0.500. The van der Waals surface area contributed by atoms with Crippen molar-refractivity contribution in [3.05, 3.63) is 45.9 Å². The van der Waals surface area contributed by atoms with Crippen molar-refractivity contribution in [3.63, 3.8) is 0 Å². The molecule has 0 spiro atoms. The average Bonchev–Trinajstić information content (AvgIpc) is 3.04. The number of thiazole rings is 1. The molecular weight excluding hydrogens is 471 g/mol. The van der Waals surface area contributed by atoms with Crippen molar-refractivity contribution >= 4 is 41.3 Å². The first-order chi connectivity index (χ1) is 12.6. The smallest absolute Gasteiger partial charge is 0.191 e. The first-order valence-corrected chi connectivity index (χ1v) is 10.1. The lowest BCUT2D eigenvalue weighted by Gasteiger charge is -2.15. The van der Waals surface area contributed by atoms with Gasteiger partial charge >= 0.3 is 0 Å². The Balaban J connectivity index is 0.00000364. The fourth-order valence-corrected chi connectivity index (χ4v) is 3.32. The third kappa shape index (κ3) is 8.47. The maximum atomic E-state index is 5.95. The SMILES string of the molecule is CCNC(=NCCc1ncc(C)s1)NCCOc1ccccc1C(C)C.I. The molecule has 0 aliphatic carbocycles. The van der Waals surface area contributed by atoms with Gasteiger partial charge in [0, 0.05) is 30.6 Å². The molecule has 1 heterocycles. The highest BCUT2D eigenvalue weighted by Gasteiger charge is 2.06. The Morgan fingerprint density at radius 2 is 2.04 bits per heavy atom. The minimum Gasteiger partial charge on any atom is -0.491 e. The first-order valence-electron chi connectivity index (χ1n) is 9.25. The number of aryl methyl sites for hydroxylation is 1. The van der Waals surface area contributed by atoms with Crippen molar-refractivity contribution < 1.29 is 4.74 Å². The van der Waals surface area contributed by atoms with Crippen molar-refractivity contribution in [3.8, 4) is 5.75 Å². The number of hydrogen-bond acceptors (Lipinski definition) is 4. The van der Waals surface area contributed by atoms with Crippen LogP contribution in [0.4, 0.5) is 0 Å². The summed E-state index contributed by atoms with van der Waals surface area (Å²) in [6, 6.07) is 8.23. The van der Waals surface area contributed by atoms with Gasteiger partial charge in [0.2, 0.25) is 0 Å². The van der Waals surface area contributed by atoms with E-state index in [-0.39, 0.29) is 24.0 Å². The molecule has 2 aromatic rings. The highest BCUT2D eigenvalue weighted by atomic mass is 127. The lowest BCUT2D eigenvalue weighted by Crippen LogP contribution is -2.39. The number of aromatic nitrogens is 1. The second kappa shape index (κ2) is 12.9. The summed E-state index contributed by atoms with van der Waals surface area (Å²) in [5.74, 6) is 2.24. The number of ether oxygens (including phenoxy) is 1. The Kier molecular flexibility index (Phi) is 11.3. The molecule has 0 bridgehead atoms. The molecule has 0 aliphatic heterocycles. The molecule has 7 heteroatoms. The monoisotopic (exact) mass is 502 g/mol. The van der Waals surface area contributed by atoms with E-state index < -0.39 is 0 Å². The van der Waals surface area contributed by atoms with E-state index in [1.807, 2.05) is 18.3 Å². The third-order valence-electron chi connectivity index (χ3n) is 3.80. The second-order valence-corrected chi connectivity index (χ2v) is 7.66. The molecule has 1 aromatic carbocycles. The van der Waals surface area contributed by atoms with Crippen LogP contribution in [0.3, 0.4) is 0 Å². The van der Waals surface area contributed by atoms with Crippen molar-refractivity contribution in [2.45, 2.75) is 40.0 Å². The summed E-state index contributed by atoms with van der Waals surface area (Å²) in [6.07, 6.45) is 2.78. The van der Waals surface area contributed by atoms with Crippen molar-refractivity contribution in [1.82, 2.24) is 15.6 Å². The Bertz CT molecular complexity index is 703. The van der Waals surface area contributed by atoms with E-state index in [0.717, 1.165) is 36.2 Å². The molecular formula is C20H31IN4OS. The van der Waals surface area contributed by atoms with Crippen LogP contribution >= 0.6 is 35.3 Å². The second-order valence-electron chi connectivity index (χ2n) is 6.34. The molecule has 1 aromatic heterocycles. The van der Waals surface area contributed by atoms with Crippen LogP contribution in [0.25, 0.3) is 0 Å². The quantitative estimate of drug-likeness (QED) is 0.232. The number of para-hydroxylation sites is 1. The standard InChI is InChI=1S/C20H30N4OS.HI/c1-5-21-20(22-11-10-19-24-14-16(4)26-19)23-12-13-25-18-9-7-6-8-17(18)15(2)3;/h6-9,14-15H,5,10-13H2,1-4H3,(H2,21,22,23);1H. The van der Waals surface area contributed by atoms with Gasteiger partial charge in [-0.25, -0.2) is 4.98 Å². The maximum absolute atomic E-state index is 5.95. The van der Waals surface area contributed by atoms with E-state index in [1.54, 1.807) is 11.3 Å². The lowest BCUT2D eigenvalue weighted by molar-refractivity contribution is 0.317. The third-order valence-corrected chi connectivity index (χ3v) is 4.77. The van der Waals surface area contributed by atoms with Crippen LogP contribution < -0.4 is 15.4 Å². The van der Waals surface area contributed by atoms with Gasteiger partial charge in [-0.15, -0.1) is 35.3 Å². The van der Waals surface area contributed by atoms with Gasteiger partial charge in [-0.2, -0.15) is 0 Å². The summed E-state index contributed by atoms with van der Waals surface area (Å²) in [4.78, 5) is 10.2. The van der Waals surface area contributed by atoms with Crippen LogP contribution in [0.15, 0.2) is 35.5 Å². The summed E-state index contributed by atoms with van der Waals surface area (Å²) in [6.45, 7) is 11.4. The van der Waals surface area contributed by atoms with E-state index in [2.05, 4.69) is 60.4 Å². The number of nitrogens with one attached hydrogen (secondary N) is 2. The number of guanidine groups is 1. The molecule has 27 heavy (non-hydrogen) atoms. The first kappa shape index (κ1) is 23.7. The highest BCUT2D eigenvalue weighted by molar-refractivity contribution is 14.0. The predicted octanol–water partition coefficient (Wildman–Crippen LogP) is 4.37. The van der Waals surface area contributed by atoms with E-state index in [4.69, 9.17) is 4.74 Å². The highest BCUT2D eigenvalue weighted by Crippen LogP contribution is 2.25. The molecule has 5 nitrogen and oxygen atoms in total. The summed E-state index contributed by atoms with van der Waals surface area (Å²) in [7, 11) is 0. The minimum atomic E-state index is 0. The molecule has 0 amide bonds. The molecule has 0 fully saturated rings. The average molecular weight is 502 g/mol. The summed E-state index contributed by atoms with van der Waals surface area (Å²) < 4.78 is 5.95. The number of halogens is 1. The topological polar surface area (TPSA) is 58.5 Å². The van der Waals surface area contributed by atoms with E-state index >= 15 is 0 Å². The zero-order valence-electron chi connectivity index (χ0n) is 16.6. The predicted molar refractivity (Wildman–Crippen MR) is 126 cm³/mol. The molecule has 0 unspecified atom stereocenters. The zero-order valence-corrected chi connectivity index (χ0v) is 19.8. The Hall–Kier alpha value is -1.35. The van der Waals surface area contributed by atoms with Crippen LogP contribution in [0.2, 0.25) is 0 Å². The van der Waals surface area contributed by atoms with Crippen molar-refractivity contribution in [2.75, 3.05) is 26.2 Å². The normalized spacial score (nSPS) is 11.2. The number of rotatable bonds is 9. The van der Waals surface area contributed by atoms with E-state index in [9.17, 15) is 0 Å². The van der Waals surface area contributed by atoms with Crippen LogP contribution in [-0.2, 0) is 6.42 Å². The Morgan fingerprint density at radius 1 is 1.26 bits per heavy atom. The van der Waals surface area contributed by atoms with Gasteiger partial charge in [-0.05, 0) is 31.4 Å². The number of nitrogens with zero attached hydrogens (tertiary/aromatic N) is 2. The van der Waals surface area contributed by atoms with Crippen LogP contribution in [0, 0.1) is 6.92 Å². The fourth-order valence-electron chi connectivity index (χ4n) is 2.54. The van der Waals surface area contributed by atoms with Crippen LogP contribution in [0.1, 0.15) is 42.1 Å². The van der Waals surface area contributed by atoms with E-state index in [1.165, 1.54) is 10.4 Å². The van der Waals surface area contributed by atoms with Gasteiger partial charge in [0.05, 0.1) is 11.6 Å². The number of aliphatic imine (C=N–C) groups is 1. The summed E-state index contributed by atoms with van der Waals surface area (Å²) in [5, 5.41) is 7.73. The maximum Gasteiger partial charge on any atom is 0.191 e.